The van der Waals surface area contributed by atoms with E-state index in [1.54, 1.807) is 11.0 Å². The molecule has 3 rings (SSSR count). The SMILES string of the molecule is C#CCN(CC(=O)N(CC)Cc1cccc(F)c1)C1CCc2ccccc21. The molecule has 4 heteroatoms. The second-order valence-electron chi connectivity index (χ2n) is 6.90. The topological polar surface area (TPSA) is 23.6 Å². The van der Waals surface area contributed by atoms with Crippen LogP contribution in [0.15, 0.2) is 48.5 Å². The molecule has 1 unspecified atom stereocenters. The van der Waals surface area contributed by atoms with Crippen molar-refractivity contribution in [1.29, 1.82) is 0 Å². The monoisotopic (exact) mass is 364 g/mol. The number of nitrogens with zero attached hydrogens (tertiary/aromatic N) is 2. The highest BCUT2D eigenvalue weighted by Crippen LogP contribution is 2.35. The Balaban J connectivity index is 1.72. The Morgan fingerprint density at radius 1 is 1.26 bits per heavy atom. The predicted octanol–water partition coefficient (Wildman–Crippen LogP) is 3.80. The summed E-state index contributed by atoms with van der Waals surface area (Å²) in [6.45, 7) is 3.61. The van der Waals surface area contributed by atoms with Crippen molar-refractivity contribution in [3.63, 3.8) is 0 Å². The molecule has 2 aromatic rings. The van der Waals surface area contributed by atoms with Crippen LogP contribution in [-0.4, -0.2) is 35.3 Å². The van der Waals surface area contributed by atoms with E-state index in [4.69, 9.17) is 6.42 Å². The third kappa shape index (κ3) is 4.56. The van der Waals surface area contributed by atoms with Gasteiger partial charge in [-0.05, 0) is 48.6 Å². The van der Waals surface area contributed by atoms with E-state index in [0.717, 1.165) is 18.4 Å². The molecule has 0 N–H and O–H groups in total. The number of terminal acetylenes is 1. The van der Waals surface area contributed by atoms with Crippen molar-refractivity contribution in [3.8, 4) is 12.3 Å². The number of benzene rings is 2. The molecule has 0 aromatic heterocycles. The molecule has 0 spiro atoms. The van der Waals surface area contributed by atoms with Gasteiger partial charge in [-0.1, -0.05) is 42.3 Å². The minimum Gasteiger partial charge on any atom is -0.338 e. The molecular weight excluding hydrogens is 339 g/mol. The summed E-state index contributed by atoms with van der Waals surface area (Å²) < 4.78 is 13.4. The fraction of sp³-hybridized carbons (Fsp3) is 0.348. The predicted molar refractivity (Wildman–Crippen MR) is 105 cm³/mol. The van der Waals surface area contributed by atoms with Crippen LogP contribution < -0.4 is 0 Å². The van der Waals surface area contributed by atoms with E-state index in [9.17, 15) is 9.18 Å². The number of rotatable bonds is 7. The third-order valence-electron chi connectivity index (χ3n) is 5.17. The Morgan fingerprint density at radius 3 is 2.81 bits per heavy atom. The van der Waals surface area contributed by atoms with E-state index in [0.29, 0.717) is 19.6 Å². The average molecular weight is 364 g/mol. The molecule has 0 bridgehead atoms. The fourth-order valence-corrected chi connectivity index (χ4v) is 3.81. The third-order valence-corrected chi connectivity index (χ3v) is 5.17. The Kier molecular flexibility index (Phi) is 6.26. The molecular formula is C23H25FN2O. The largest absolute Gasteiger partial charge is 0.338 e. The number of hydrogen-bond donors (Lipinski definition) is 0. The molecule has 1 amide bonds. The van der Waals surface area contributed by atoms with E-state index in [1.807, 2.05) is 19.1 Å². The first-order valence-electron chi connectivity index (χ1n) is 9.40. The molecule has 0 radical (unpaired) electrons. The summed E-state index contributed by atoms with van der Waals surface area (Å²) in [7, 11) is 0. The Morgan fingerprint density at radius 2 is 2.07 bits per heavy atom. The second kappa shape index (κ2) is 8.83. The van der Waals surface area contributed by atoms with Gasteiger partial charge in [0.1, 0.15) is 5.82 Å². The van der Waals surface area contributed by atoms with Gasteiger partial charge < -0.3 is 4.90 Å². The van der Waals surface area contributed by atoms with Gasteiger partial charge in [-0.3, -0.25) is 9.69 Å². The number of likely N-dealkylation sites (N-methyl/N-ethyl adjacent to an activating group) is 1. The summed E-state index contributed by atoms with van der Waals surface area (Å²) in [4.78, 5) is 16.8. The normalized spacial score (nSPS) is 15.4. The number of halogens is 1. The van der Waals surface area contributed by atoms with Crippen molar-refractivity contribution in [2.75, 3.05) is 19.6 Å². The summed E-state index contributed by atoms with van der Waals surface area (Å²) in [6, 6.07) is 14.9. The summed E-state index contributed by atoms with van der Waals surface area (Å²) in [5.41, 5.74) is 3.40. The van der Waals surface area contributed by atoms with E-state index >= 15 is 0 Å². The standard InChI is InChI=1S/C23H25FN2O/c1-3-14-26(22-13-12-19-9-5-6-11-21(19)22)17-23(27)25(4-2)16-18-8-7-10-20(24)15-18/h1,5-11,15,22H,4,12-14,16-17H2,2H3. The highest BCUT2D eigenvalue weighted by molar-refractivity contribution is 5.78. The van der Waals surface area contributed by atoms with Gasteiger partial charge >= 0.3 is 0 Å². The Bertz CT molecular complexity index is 842. The molecule has 0 saturated carbocycles. The number of carbonyl (C=O) groups is 1. The Hall–Kier alpha value is -2.64. The zero-order valence-electron chi connectivity index (χ0n) is 15.7. The molecule has 0 aliphatic heterocycles. The number of hydrogen-bond acceptors (Lipinski definition) is 2. The van der Waals surface area contributed by atoms with Crippen molar-refractivity contribution in [3.05, 3.63) is 71.0 Å². The first kappa shape index (κ1) is 19.1. The molecule has 1 aliphatic rings. The van der Waals surface area contributed by atoms with Crippen molar-refractivity contribution in [2.24, 2.45) is 0 Å². The number of amides is 1. The van der Waals surface area contributed by atoms with Gasteiger partial charge in [0.05, 0.1) is 13.1 Å². The van der Waals surface area contributed by atoms with Crippen molar-refractivity contribution in [1.82, 2.24) is 9.80 Å². The van der Waals surface area contributed by atoms with E-state index < -0.39 is 0 Å². The van der Waals surface area contributed by atoms with Crippen LogP contribution in [0.1, 0.15) is 36.1 Å². The van der Waals surface area contributed by atoms with Gasteiger partial charge in [0.15, 0.2) is 0 Å². The van der Waals surface area contributed by atoms with Gasteiger partial charge in [-0.15, -0.1) is 6.42 Å². The van der Waals surface area contributed by atoms with Crippen LogP contribution in [0.4, 0.5) is 4.39 Å². The van der Waals surface area contributed by atoms with Crippen LogP contribution in [-0.2, 0) is 17.8 Å². The van der Waals surface area contributed by atoms with Crippen LogP contribution in [0.2, 0.25) is 0 Å². The van der Waals surface area contributed by atoms with E-state index in [1.165, 1.54) is 23.3 Å². The molecule has 0 fully saturated rings. The number of fused-ring (bicyclic) bond motifs is 1. The zero-order chi connectivity index (χ0) is 19.2. The van der Waals surface area contributed by atoms with Gasteiger partial charge in [-0.2, -0.15) is 0 Å². The van der Waals surface area contributed by atoms with Crippen LogP contribution in [0.5, 0.6) is 0 Å². The van der Waals surface area contributed by atoms with Crippen molar-refractivity contribution >= 4 is 5.91 Å². The second-order valence-corrected chi connectivity index (χ2v) is 6.90. The molecule has 1 aliphatic carbocycles. The van der Waals surface area contributed by atoms with Crippen LogP contribution in [0.25, 0.3) is 0 Å². The highest BCUT2D eigenvalue weighted by Gasteiger charge is 2.29. The lowest BCUT2D eigenvalue weighted by Gasteiger charge is -2.30. The smallest absolute Gasteiger partial charge is 0.237 e. The molecule has 3 nitrogen and oxygen atoms in total. The van der Waals surface area contributed by atoms with Crippen LogP contribution >= 0.6 is 0 Å². The lowest BCUT2D eigenvalue weighted by atomic mass is 10.1. The fourth-order valence-electron chi connectivity index (χ4n) is 3.81. The molecule has 0 saturated heterocycles. The molecule has 140 valence electrons. The maximum absolute atomic E-state index is 13.4. The van der Waals surface area contributed by atoms with Crippen molar-refractivity contribution in [2.45, 2.75) is 32.4 Å². The summed E-state index contributed by atoms with van der Waals surface area (Å²) in [6.07, 6.45) is 7.57. The molecule has 2 aromatic carbocycles. The maximum Gasteiger partial charge on any atom is 0.237 e. The van der Waals surface area contributed by atoms with Crippen LogP contribution in [0, 0.1) is 18.2 Å². The number of carbonyl (C=O) groups excluding carboxylic acids is 1. The van der Waals surface area contributed by atoms with E-state index in [2.05, 4.69) is 29.0 Å². The Labute approximate surface area is 160 Å². The van der Waals surface area contributed by atoms with Crippen LogP contribution in [0.3, 0.4) is 0 Å². The van der Waals surface area contributed by atoms with Crippen molar-refractivity contribution < 1.29 is 9.18 Å². The van der Waals surface area contributed by atoms with Gasteiger partial charge in [0.2, 0.25) is 5.91 Å². The highest BCUT2D eigenvalue weighted by atomic mass is 19.1. The van der Waals surface area contributed by atoms with Gasteiger partial charge in [0, 0.05) is 19.1 Å². The van der Waals surface area contributed by atoms with E-state index in [-0.39, 0.29) is 24.3 Å². The quantitative estimate of drug-likeness (QED) is 0.698. The summed E-state index contributed by atoms with van der Waals surface area (Å²) in [5, 5.41) is 0. The minimum atomic E-state index is -0.285. The molecule has 0 heterocycles. The summed E-state index contributed by atoms with van der Waals surface area (Å²) >= 11 is 0. The maximum atomic E-state index is 13.4. The average Bonchev–Trinajstić information content (AvgIpc) is 3.10. The van der Waals surface area contributed by atoms with Gasteiger partial charge in [-0.25, -0.2) is 4.39 Å². The summed E-state index contributed by atoms with van der Waals surface area (Å²) in [5.74, 6) is 2.43. The lowest BCUT2D eigenvalue weighted by molar-refractivity contribution is -0.133. The first-order chi connectivity index (χ1) is 13.1. The lowest BCUT2D eigenvalue weighted by Crippen LogP contribution is -2.41. The molecule has 1 atom stereocenters. The zero-order valence-corrected chi connectivity index (χ0v) is 15.7. The first-order valence-corrected chi connectivity index (χ1v) is 9.40. The van der Waals surface area contributed by atoms with Gasteiger partial charge in [0.25, 0.3) is 0 Å². The number of aryl methyl sites for hydroxylation is 1. The minimum absolute atomic E-state index is 0.0152. The molecule has 27 heavy (non-hydrogen) atoms.